The number of methoxy groups -OCH3 is 1. The number of nitrogens with one attached hydrogen (secondary N) is 1. The number of nitrogens with zero attached hydrogens (tertiary/aromatic N) is 1. The fourth-order valence-electron chi connectivity index (χ4n) is 2.48. The number of likely N-dealkylation sites (N-methyl/N-ethyl adjacent to an activating group) is 1. The van der Waals surface area contributed by atoms with Crippen LogP contribution in [-0.4, -0.2) is 48.6 Å². The molecule has 114 valence electrons. The lowest BCUT2D eigenvalue weighted by molar-refractivity contribution is -0.133. The highest BCUT2D eigenvalue weighted by Crippen LogP contribution is 2.19. The van der Waals surface area contributed by atoms with Gasteiger partial charge in [-0.25, -0.2) is 0 Å². The fourth-order valence-corrected chi connectivity index (χ4v) is 2.48. The summed E-state index contributed by atoms with van der Waals surface area (Å²) in [5, 5.41) is 1.13. The summed E-state index contributed by atoms with van der Waals surface area (Å²) in [7, 11) is 1.63. The Labute approximate surface area is 125 Å². The quantitative estimate of drug-likeness (QED) is 0.812. The van der Waals surface area contributed by atoms with Gasteiger partial charge < -0.3 is 20.4 Å². The minimum Gasteiger partial charge on any atom is -0.383 e. The van der Waals surface area contributed by atoms with Gasteiger partial charge in [0.15, 0.2) is 0 Å². The predicted octanol–water partition coefficient (Wildman–Crippen LogP) is 1.53. The van der Waals surface area contributed by atoms with Gasteiger partial charge in [-0.05, 0) is 25.0 Å². The maximum Gasteiger partial charge on any atom is 0.239 e. The maximum absolute atomic E-state index is 12.4. The number of aromatic amines is 1. The third kappa shape index (κ3) is 3.62. The predicted molar refractivity (Wildman–Crippen MR) is 84.1 cm³/mol. The van der Waals surface area contributed by atoms with Crippen LogP contribution in [-0.2, 0) is 16.0 Å². The van der Waals surface area contributed by atoms with E-state index in [0.717, 1.165) is 16.5 Å². The van der Waals surface area contributed by atoms with Crippen LogP contribution in [0, 0.1) is 0 Å². The minimum absolute atomic E-state index is 0.0279. The van der Waals surface area contributed by atoms with Crippen LogP contribution in [0.1, 0.15) is 12.5 Å². The molecule has 0 aliphatic heterocycles. The van der Waals surface area contributed by atoms with E-state index in [1.807, 2.05) is 37.4 Å². The second-order valence-electron chi connectivity index (χ2n) is 5.08. The van der Waals surface area contributed by atoms with Crippen molar-refractivity contribution in [3.05, 3.63) is 36.0 Å². The van der Waals surface area contributed by atoms with E-state index in [9.17, 15) is 4.79 Å². The molecule has 0 fully saturated rings. The Bertz CT molecular complexity index is 594. The molecule has 3 N–H and O–H groups in total. The molecule has 1 unspecified atom stereocenters. The molecule has 2 aromatic rings. The first-order valence-electron chi connectivity index (χ1n) is 7.25. The van der Waals surface area contributed by atoms with E-state index in [0.29, 0.717) is 26.1 Å². The van der Waals surface area contributed by atoms with Gasteiger partial charge in [0.05, 0.1) is 12.6 Å². The highest BCUT2D eigenvalue weighted by molar-refractivity contribution is 5.86. The molecule has 0 aliphatic rings. The highest BCUT2D eigenvalue weighted by Gasteiger charge is 2.21. The molecule has 5 heteroatoms. The molecule has 1 atom stereocenters. The summed E-state index contributed by atoms with van der Waals surface area (Å²) in [6.45, 7) is 3.70. The van der Waals surface area contributed by atoms with E-state index in [1.54, 1.807) is 12.0 Å². The number of rotatable bonds is 7. The lowest BCUT2D eigenvalue weighted by Gasteiger charge is -2.24. The normalized spacial score (nSPS) is 12.5. The molecule has 21 heavy (non-hydrogen) atoms. The van der Waals surface area contributed by atoms with E-state index in [1.165, 1.54) is 0 Å². The molecule has 1 amide bonds. The molecule has 0 saturated carbocycles. The number of hydrogen-bond acceptors (Lipinski definition) is 3. The average Bonchev–Trinajstić information content (AvgIpc) is 2.91. The number of fused-ring (bicyclic) bond motifs is 1. The van der Waals surface area contributed by atoms with Gasteiger partial charge in [0.25, 0.3) is 0 Å². The third-order valence-electron chi connectivity index (χ3n) is 3.69. The molecule has 0 bridgehead atoms. The molecule has 1 aromatic carbocycles. The van der Waals surface area contributed by atoms with Gasteiger partial charge in [-0.1, -0.05) is 18.2 Å². The number of benzene rings is 1. The molecule has 0 aliphatic carbocycles. The molecule has 0 saturated heterocycles. The first-order chi connectivity index (χ1) is 10.2. The highest BCUT2D eigenvalue weighted by atomic mass is 16.5. The van der Waals surface area contributed by atoms with Crippen molar-refractivity contribution in [2.24, 2.45) is 5.73 Å². The Morgan fingerprint density at radius 1 is 1.43 bits per heavy atom. The molecule has 5 nitrogen and oxygen atoms in total. The molecule has 0 radical (unpaired) electrons. The number of hydrogen-bond donors (Lipinski definition) is 2. The second-order valence-corrected chi connectivity index (χ2v) is 5.08. The standard InChI is InChI=1S/C16H23N3O2/c1-3-19(8-9-21-2)16(20)14(17)10-12-11-18-15-7-5-4-6-13(12)15/h4-7,11,14,18H,3,8-10,17H2,1-2H3. The molecule has 1 aromatic heterocycles. The van der Waals surface area contributed by atoms with Crippen LogP contribution < -0.4 is 5.73 Å². The van der Waals surface area contributed by atoms with E-state index < -0.39 is 6.04 Å². The number of ether oxygens (including phenoxy) is 1. The Balaban J connectivity index is 2.06. The van der Waals surface area contributed by atoms with Crippen molar-refractivity contribution in [2.45, 2.75) is 19.4 Å². The van der Waals surface area contributed by atoms with Crippen LogP contribution in [0.25, 0.3) is 10.9 Å². The van der Waals surface area contributed by atoms with Crippen LogP contribution in [0.3, 0.4) is 0 Å². The van der Waals surface area contributed by atoms with Crippen molar-refractivity contribution in [1.82, 2.24) is 9.88 Å². The molecule has 1 heterocycles. The average molecular weight is 289 g/mol. The van der Waals surface area contributed by atoms with Crippen molar-refractivity contribution in [1.29, 1.82) is 0 Å². The Morgan fingerprint density at radius 2 is 2.19 bits per heavy atom. The van der Waals surface area contributed by atoms with Crippen LogP contribution in [0.15, 0.2) is 30.5 Å². The number of carbonyl (C=O) groups is 1. The maximum atomic E-state index is 12.4. The van der Waals surface area contributed by atoms with Crippen LogP contribution in [0.2, 0.25) is 0 Å². The van der Waals surface area contributed by atoms with Crippen LogP contribution in [0.5, 0.6) is 0 Å². The van der Waals surface area contributed by atoms with Crippen molar-refractivity contribution in [3.63, 3.8) is 0 Å². The zero-order chi connectivity index (χ0) is 15.2. The Kier molecular flexibility index (Phi) is 5.36. The monoisotopic (exact) mass is 289 g/mol. The summed E-state index contributed by atoms with van der Waals surface area (Å²) < 4.78 is 5.03. The summed E-state index contributed by atoms with van der Waals surface area (Å²) >= 11 is 0. The van der Waals surface area contributed by atoms with E-state index in [-0.39, 0.29) is 5.91 Å². The minimum atomic E-state index is -0.527. The van der Waals surface area contributed by atoms with Crippen molar-refractivity contribution >= 4 is 16.8 Å². The number of H-pyrrole nitrogens is 1. The smallest absolute Gasteiger partial charge is 0.239 e. The lowest BCUT2D eigenvalue weighted by atomic mass is 10.0. The SMILES string of the molecule is CCN(CCOC)C(=O)C(N)Cc1c[nH]c2ccccc12. The molecule has 2 rings (SSSR count). The summed E-state index contributed by atoms with van der Waals surface area (Å²) in [4.78, 5) is 17.3. The summed E-state index contributed by atoms with van der Waals surface area (Å²) in [6, 6.07) is 7.51. The molecular formula is C16H23N3O2. The fraction of sp³-hybridized carbons (Fsp3) is 0.438. The number of aromatic nitrogens is 1. The zero-order valence-corrected chi connectivity index (χ0v) is 12.6. The third-order valence-corrected chi connectivity index (χ3v) is 3.69. The molecule has 0 spiro atoms. The van der Waals surface area contributed by atoms with Gasteiger partial charge in [0.1, 0.15) is 0 Å². The summed E-state index contributed by atoms with van der Waals surface area (Å²) in [5.74, 6) is -0.0279. The van der Waals surface area contributed by atoms with Gasteiger partial charge >= 0.3 is 0 Å². The Morgan fingerprint density at radius 3 is 2.90 bits per heavy atom. The number of para-hydroxylation sites is 1. The van der Waals surface area contributed by atoms with E-state index in [2.05, 4.69) is 4.98 Å². The van der Waals surface area contributed by atoms with Crippen LogP contribution in [0.4, 0.5) is 0 Å². The summed E-state index contributed by atoms with van der Waals surface area (Å²) in [6.07, 6.45) is 2.47. The van der Waals surface area contributed by atoms with Gasteiger partial charge in [0, 0.05) is 37.3 Å². The van der Waals surface area contributed by atoms with Crippen molar-refractivity contribution in [2.75, 3.05) is 26.8 Å². The Hall–Kier alpha value is -1.85. The van der Waals surface area contributed by atoms with Crippen LogP contribution >= 0.6 is 0 Å². The molecular weight excluding hydrogens is 266 g/mol. The van der Waals surface area contributed by atoms with Gasteiger partial charge in [0.2, 0.25) is 5.91 Å². The number of amides is 1. The van der Waals surface area contributed by atoms with Gasteiger partial charge in [-0.15, -0.1) is 0 Å². The first kappa shape index (κ1) is 15.5. The van der Waals surface area contributed by atoms with Crippen molar-refractivity contribution < 1.29 is 9.53 Å². The van der Waals surface area contributed by atoms with Gasteiger partial charge in [-0.2, -0.15) is 0 Å². The van der Waals surface area contributed by atoms with E-state index >= 15 is 0 Å². The number of nitrogens with two attached hydrogens (primary N) is 1. The van der Waals surface area contributed by atoms with E-state index in [4.69, 9.17) is 10.5 Å². The largest absolute Gasteiger partial charge is 0.383 e. The lowest BCUT2D eigenvalue weighted by Crippen LogP contribution is -2.46. The topological polar surface area (TPSA) is 71.3 Å². The van der Waals surface area contributed by atoms with Crippen molar-refractivity contribution in [3.8, 4) is 0 Å². The summed E-state index contributed by atoms with van der Waals surface area (Å²) in [5.41, 5.74) is 8.25. The first-order valence-corrected chi connectivity index (χ1v) is 7.25. The van der Waals surface area contributed by atoms with Gasteiger partial charge in [-0.3, -0.25) is 4.79 Å². The zero-order valence-electron chi connectivity index (χ0n) is 12.6. The second kappa shape index (κ2) is 7.24. The number of carbonyl (C=O) groups excluding carboxylic acids is 1.